The number of rotatable bonds is 19. The molecule has 0 fully saturated rings. The summed E-state index contributed by atoms with van der Waals surface area (Å²) in [5.74, 6) is 2.62. The van der Waals surface area contributed by atoms with Gasteiger partial charge in [-0.3, -0.25) is 4.79 Å². The fourth-order valence-electron chi connectivity index (χ4n) is 5.84. The quantitative estimate of drug-likeness (QED) is 0.0352. The van der Waals surface area contributed by atoms with E-state index in [1.54, 1.807) is 7.11 Å². The van der Waals surface area contributed by atoms with E-state index in [1.807, 2.05) is 42.5 Å². The fraction of sp³-hybridized carbons (Fsp3) is 0.590. The number of halogens is 1. The summed E-state index contributed by atoms with van der Waals surface area (Å²) in [5, 5.41) is 9.77. The normalized spacial score (nSPS) is 14.3. The van der Waals surface area contributed by atoms with Gasteiger partial charge in [0, 0.05) is 3.42 Å². The van der Waals surface area contributed by atoms with Gasteiger partial charge in [0.2, 0.25) is 6.79 Å². The van der Waals surface area contributed by atoms with Crippen LogP contribution in [0.3, 0.4) is 0 Å². The summed E-state index contributed by atoms with van der Waals surface area (Å²) >= 11 is 2.40. The zero-order valence-corrected chi connectivity index (χ0v) is 31.7. The summed E-state index contributed by atoms with van der Waals surface area (Å²) < 4.78 is 28.0. The first-order valence-corrected chi connectivity index (χ1v) is 18.0. The van der Waals surface area contributed by atoms with Crippen molar-refractivity contribution in [2.75, 3.05) is 27.1 Å². The maximum absolute atomic E-state index is 13.1. The van der Waals surface area contributed by atoms with Gasteiger partial charge in [0.15, 0.2) is 23.0 Å². The number of fused-ring (bicyclic) bond motifs is 1. The van der Waals surface area contributed by atoms with Crippen molar-refractivity contribution in [1.82, 2.24) is 0 Å². The average molecular weight is 760 g/mol. The maximum Gasteiger partial charge on any atom is 0.313 e. The van der Waals surface area contributed by atoms with Crippen molar-refractivity contribution in [3.63, 3.8) is 0 Å². The molecule has 0 aromatic heterocycles. The number of esters is 1. The monoisotopic (exact) mass is 759 g/mol. The standard InChI is InChI=1S/C39H54INO6/c1-37(2,3)27-39(6,38(4,5)40)36(42)45-22-16-14-12-10-8-9-11-13-15-21-44-32-19-17-29(24-34(32)43-7)23-31(26-41)30-18-20-33-35(25-30)47-28-46-33/h17-20,23-25H,8-16,21-22,27-28H2,1-7H3/b31-23+. The summed E-state index contributed by atoms with van der Waals surface area (Å²) in [6, 6.07) is 13.5. The van der Waals surface area contributed by atoms with E-state index < -0.39 is 5.41 Å². The van der Waals surface area contributed by atoms with Crippen molar-refractivity contribution in [2.24, 2.45) is 10.8 Å². The van der Waals surface area contributed by atoms with E-state index in [4.69, 9.17) is 23.7 Å². The first kappa shape index (κ1) is 38.5. The molecule has 1 aliphatic rings. The van der Waals surface area contributed by atoms with Crippen LogP contribution in [0.5, 0.6) is 23.0 Å². The van der Waals surface area contributed by atoms with E-state index in [0.717, 1.165) is 43.2 Å². The second-order valence-electron chi connectivity index (χ2n) is 14.4. The molecule has 0 amide bonds. The Hall–Kier alpha value is -2.93. The van der Waals surface area contributed by atoms with Crippen LogP contribution >= 0.6 is 22.6 Å². The van der Waals surface area contributed by atoms with Crippen LogP contribution in [-0.2, 0) is 9.53 Å². The van der Waals surface area contributed by atoms with Crippen molar-refractivity contribution in [2.45, 2.75) is 109 Å². The van der Waals surface area contributed by atoms with E-state index in [2.05, 4.69) is 70.2 Å². The molecule has 3 rings (SSSR count). The number of carbonyl (C=O) groups is 1. The Labute approximate surface area is 296 Å². The number of hydrogen-bond donors (Lipinski definition) is 0. The van der Waals surface area contributed by atoms with Crippen LogP contribution in [0.2, 0.25) is 0 Å². The predicted octanol–water partition coefficient (Wildman–Crippen LogP) is 10.6. The van der Waals surface area contributed by atoms with Gasteiger partial charge in [-0.1, -0.05) is 94.4 Å². The number of hydrogen-bond acceptors (Lipinski definition) is 7. The van der Waals surface area contributed by atoms with Gasteiger partial charge in [0.05, 0.1) is 37.4 Å². The lowest BCUT2D eigenvalue weighted by molar-refractivity contribution is -0.158. The molecule has 0 aliphatic carbocycles. The molecule has 2 aromatic rings. The average Bonchev–Trinajstić information content (AvgIpc) is 3.49. The summed E-state index contributed by atoms with van der Waals surface area (Å²) in [5.41, 5.74) is 1.69. The van der Waals surface area contributed by atoms with Crippen LogP contribution < -0.4 is 18.9 Å². The van der Waals surface area contributed by atoms with Crippen molar-refractivity contribution >= 4 is 40.2 Å². The Morgan fingerprint density at radius 3 is 2.06 bits per heavy atom. The highest BCUT2D eigenvalue weighted by atomic mass is 127. The van der Waals surface area contributed by atoms with Gasteiger partial charge in [0.1, 0.15) is 0 Å². The molecule has 2 aromatic carbocycles. The maximum atomic E-state index is 13.1. The second-order valence-corrected chi connectivity index (χ2v) is 17.1. The lowest BCUT2D eigenvalue weighted by atomic mass is 9.68. The zero-order valence-electron chi connectivity index (χ0n) is 29.5. The number of benzene rings is 2. The van der Waals surface area contributed by atoms with Crippen LogP contribution in [0.1, 0.15) is 117 Å². The Bertz CT molecular complexity index is 1380. The first-order chi connectivity index (χ1) is 22.3. The van der Waals surface area contributed by atoms with Crippen LogP contribution in [0.15, 0.2) is 36.4 Å². The van der Waals surface area contributed by atoms with E-state index in [0.29, 0.717) is 41.8 Å². The Balaban J connectivity index is 1.29. The zero-order chi connectivity index (χ0) is 34.5. The molecule has 1 heterocycles. The third-order valence-corrected chi connectivity index (χ3v) is 9.92. The molecule has 1 aliphatic heterocycles. The third-order valence-electron chi connectivity index (χ3n) is 8.73. The van der Waals surface area contributed by atoms with Crippen LogP contribution in [0.25, 0.3) is 11.6 Å². The molecule has 0 saturated heterocycles. The molecule has 258 valence electrons. The van der Waals surface area contributed by atoms with Crippen LogP contribution in [-0.4, -0.2) is 36.5 Å². The molecule has 0 N–H and O–H groups in total. The van der Waals surface area contributed by atoms with Crippen molar-refractivity contribution < 1.29 is 28.5 Å². The largest absolute Gasteiger partial charge is 0.493 e. The topological polar surface area (TPSA) is 87.0 Å². The van der Waals surface area contributed by atoms with Gasteiger partial charge in [-0.2, -0.15) is 5.26 Å². The number of nitriles is 1. The van der Waals surface area contributed by atoms with Gasteiger partial charge < -0.3 is 23.7 Å². The highest BCUT2D eigenvalue weighted by Crippen LogP contribution is 2.47. The van der Waals surface area contributed by atoms with Gasteiger partial charge >= 0.3 is 5.97 Å². The molecule has 1 atom stereocenters. The number of ether oxygens (including phenoxy) is 5. The molecule has 47 heavy (non-hydrogen) atoms. The molecule has 0 spiro atoms. The summed E-state index contributed by atoms with van der Waals surface area (Å²) in [6.07, 6.45) is 12.8. The smallest absolute Gasteiger partial charge is 0.313 e. The fourth-order valence-corrected chi connectivity index (χ4v) is 6.25. The minimum Gasteiger partial charge on any atom is -0.493 e. The number of methoxy groups -OCH3 is 1. The second kappa shape index (κ2) is 18.0. The lowest BCUT2D eigenvalue weighted by Gasteiger charge is -2.42. The van der Waals surface area contributed by atoms with Crippen LogP contribution in [0.4, 0.5) is 0 Å². The highest BCUT2D eigenvalue weighted by molar-refractivity contribution is 14.1. The van der Waals surface area contributed by atoms with Crippen molar-refractivity contribution in [3.05, 3.63) is 47.5 Å². The lowest BCUT2D eigenvalue weighted by Crippen LogP contribution is -2.46. The highest BCUT2D eigenvalue weighted by Gasteiger charge is 2.49. The SMILES string of the molecule is COc1cc(/C=C(\C#N)c2ccc3c(c2)OCO3)ccc1OCCCCCCCCCCCOC(=O)C(C)(CC(C)(C)C)C(C)(C)I. The van der Waals surface area contributed by atoms with Gasteiger partial charge in [0.25, 0.3) is 0 Å². The Morgan fingerprint density at radius 1 is 0.851 bits per heavy atom. The minimum atomic E-state index is -0.509. The van der Waals surface area contributed by atoms with Crippen molar-refractivity contribution in [3.8, 4) is 29.1 Å². The molecular weight excluding hydrogens is 705 g/mol. The van der Waals surface area contributed by atoms with Gasteiger partial charge in [-0.25, -0.2) is 0 Å². The molecule has 7 nitrogen and oxygen atoms in total. The molecule has 0 saturated carbocycles. The first-order valence-electron chi connectivity index (χ1n) is 17.0. The van der Waals surface area contributed by atoms with E-state index >= 15 is 0 Å². The van der Waals surface area contributed by atoms with E-state index in [-0.39, 0.29) is 21.6 Å². The van der Waals surface area contributed by atoms with E-state index in [1.165, 1.54) is 32.1 Å². The summed E-state index contributed by atoms with van der Waals surface area (Å²) in [6.45, 7) is 14.2. The molecule has 1 unspecified atom stereocenters. The third kappa shape index (κ3) is 11.9. The number of alkyl halides is 1. The van der Waals surface area contributed by atoms with Crippen LogP contribution in [0, 0.1) is 22.2 Å². The molecule has 0 bridgehead atoms. The number of nitrogens with zero attached hydrogens (tertiary/aromatic N) is 1. The predicted molar refractivity (Wildman–Crippen MR) is 197 cm³/mol. The summed E-state index contributed by atoms with van der Waals surface area (Å²) in [7, 11) is 1.63. The summed E-state index contributed by atoms with van der Waals surface area (Å²) in [4.78, 5) is 13.1. The van der Waals surface area contributed by atoms with E-state index in [9.17, 15) is 10.1 Å². The van der Waals surface area contributed by atoms with Gasteiger partial charge in [-0.15, -0.1) is 0 Å². The molecule has 0 radical (unpaired) electrons. The molecule has 8 heteroatoms. The minimum absolute atomic E-state index is 0.0590. The number of carbonyl (C=O) groups excluding carboxylic acids is 1. The number of allylic oxidation sites excluding steroid dienone is 1. The number of unbranched alkanes of at least 4 members (excludes halogenated alkanes) is 8. The Morgan fingerprint density at radius 2 is 1.47 bits per heavy atom. The van der Waals surface area contributed by atoms with Crippen molar-refractivity contribution in [1.29, 1.82) is 5.26 Å². The Kier molecular flexibility index (Phi) is 14.8. The van der Waals surface area contributed by atoms with Gasteiger partial charge in [-0.05, 0) is 93.0 Å². The molecular formula is C39H54INO6.